The number of rotatable bonds is 4. The minimum Gasteiger partial charge on any atom is -0.330 e. The molecule has 0 radical (unpaired) electrons. The number of hydrogen-bond acceptors (Lipinski definition) is 3. The molecule has 0 atom stereocenters. The van der Waals surface area contributed by atoms with Gasteiger partial charge in [-0.25, -0.2) is 4.98 Å². The van der Waals surface area contributed by atoms with Crippen LogP contribution in [0.25, 0.3) is 11.0 Å². The van der Waals surface area contributed by atoms with Gasteiger partial charge in [0.2, 0.25) is 0 Å². The van der Waals surface area contributed by atoms with Gasteiger partial charge in [0, 0.05) is 26.8 Å². The first-order valence-electron chi connectivity index (χ1n) is 6.33. The van der Waals surface area contributed by atoms with E-state index in [2.05, 4.69) is 26.0 Å². The third-order valence-corrected chi connectivity index (χ3v) is 3.24. The van der Waals surface area contributed by atoms with Crippen LogP contribution < -0.4 is 5.32 Å². The molecule has 0 amide bonds. The molecule has 19 heavy (non-hydrogen) atoms. The number of aromatic nitrogens is 4. The number of imidazole rings is 1. The maximum atomic E-state index is 4.62. The minimum absolute atomic E-state index is 0.738. The van der Waals surface area contributed by atoms with Crippen molar-refractivity contribution in [3.8, 4) is 0 Å². The second kappa shape index (κ2) is 4.85. The number of hydrogen-bond donors (Lipinski definition) is 1. The van der Waals surface area contributed by atoms with Gasteiger partial charge in [0.1, 0.15) is 5.82 Å². The molecule has 0 saturated carbocycles. The smallest absolute Gasteiger partial charge is 0.123 e. The molecule has 0 spiro atoms. The van der Waals surface area contributed by atoms with E-state index >= 15 is 0 Å². The zero-order chi connectivity index (χ0) is 13.2. The fourth-order valence-corrected chi connectivity index (χ4v) is 2.21. The number of nitrogens with zero attached hydrogens (tertiary/aromatic N) is 4. The summed E-state index contributed by atoms with van der Waals surface area (Å²) in [5, 5.41) is 7.71. The highest BCUT2D eigenvalue weighted by atomic mass is 15.3. The summed E-state index contributed by atoms with van der Waals surface area (Å²) in [7, 11) is 3.97. The molecule has 0 bridgehead atoms. The molecule has 5 nitrogen and oxygen atoms in total. The first-order chi connectivity index (χ1) is 9.24. The van der Waals surface area contributed by atoms with Crippen molar-refractivity contribution >= 4 is 11.0 Å². The van der Waals surface area contributed by atoms with Crippen molar-refractivity contribution < 1.29 is 0 Å². The Hall–Kier alpha value is -2.14. The highest BCUT2D eigenvalue weighted by Crippen LogP contribution is 2.13. The average Bonchev–Trinajstić information content (AvgIpc) is 2.96. The Labute approximate surface area is 111 Å². The van der Waals surface area contributed by atoms with Crippen LogP contribution in [0.15, 0.2) is 36.5 Å². The van der Waals surface area contributed by atoms with Gasteiger partial charge in [-0.15, -0.1) is 0 Å². The molecule has 0 fully saturated rings. The summed E-state index contributed by atoms with van der Waals surface area (Å²) in [5.74, 6) is 1.04. The number of aryl methyl sites for hydroxylation is 2. The predicted molar refractivity (Wildman–Crippen MR) is 74.5 cm³/mol. The number of fused-ring (bicyclic) bond motifs is 1. The molecule has 2 aromatic heterocycles. The highest BCUT2D eigenvalue weighted by molar-refractivity contribution is 5.75. The fraction of sp³-hybridized carbons (Fsp3) is 0.286. The largest absolute Gasteiger partial charge is 0.330 e. The summed E-state index contributed by atoms with van der Waals surface area (Å²) in [6.07, 6.45) is 1.95. The van der Waals surface area contributed by atoms with Crippen molar-refractivity contribution in [2.75, 3.05) is 0 Å². The minimum atomic E-state index is 0.738. The molecule has 0 aliphatic heterocycles. The summed E-state index contributed by atoms with van der Waals surface area (Å²) in [6, 6.07) is 10.2. The van der Waals surface area contributed by atoms with E-state index in [1.807, 2.05) is 49.2 Å². The van der Waals surface area contributed by atoms with Crippen LogP contribution in [0.4, 0.5) is 0 Å². The van der Waals surface area contributed by atoms with Crippen LogP contribution in [0.2, 0.25) is 0 Å². The van der Waals surface area contributed by atoms with Crippen LogP contribution in [0, 0.1) is 0 Å². The van der Waals surface area contributed by atoms with E-state index in [4.69, 9.17) is 0 Å². The molecule has 0 saturated heterocycles. The summed E-state index contributed by atoms with van der Waals surface area (Å²) < 4.78 is 3.94. The number of benzene rings is 1. The van der Waals surface area contributed by atoms with E-state index < -0.39 is 0 Å². The second-order valence-corrected chi connectivity index (χ2v) is 4.66. The van der Waals surface area contributed by atoms with Crippen molar-refractivity contribution in [3.05, 3.63) is 48.0 Å². The van der Waals surface area contributed by atoms with Crippen LogP contribution >= 0.6 is 0 Å². The van der Waals surface area contributed by atoms with Gasteiger partial charge >= 0.3 is 0 Å². The summed E-state index contributed by atoms with van der Waals surface area (Å²) in [6.45, 7) is 1.49. The Bertz CT molecular complexity index is 695. The van der Waals surface area contributed by atoms with Crippen LogP contribution in [-0.2, 0) is 27.2 Å². The lowest BCUT2D eigenvalue weighted by atomic mass is 10.3. The normalized spacial score (nSPS) is 11.3. The van der Waals surface area contributed by atoms with E-state index in [0.29, 0.717) is 0 Å². The van der Waals surface area contributed by atoms with Gasteiger partial charge in [0.25, 0.3) is 0 Å². The highest BCUT2D eigenvalue weighted by Gasteiger charge is 2.06. The topological polar surface area (TPSA) is 47.7 Å². The molecule has 3 aromatic rings. The molecule has 0 aliphatic rings. The lowest BCUT2D eigenvalue weighted by Crippen LogP contribution is -2.16. The lowest BCUT2D eigenvalue weighted by Gasteiger charge is -2.03. The van der Waals surface area contributed by atoms with Gasteiger partial charge in [-0.1, -0.05) is 12.1 Å². The van der Waals surface area contributed by atoms with Gasteiger partial charge in [0.15, 0.2) is 0 Å². The monoisotopic (exact) mass is 255 g/mol. The third-order valence-electron chi connectivity index (χ3n) is 3.24. The standard InChI is InChI=1S/C14H17N5/c1-18-8-7-11(17-18)9-15-10-14-16-12-5-3-4-6-13(12)19(14)2/h3-8,15H,9-10H2,1-2H3. The van der Waals surface area contributed by atoms with E-state index in [-0.39, 0.29) is 0 Å². The molecule has 98 valence electrons. The van der Waals surface area contributed by atoms with Crippen LogP contribution in [-0.4, -0.2) is 19.3 Å². The van der Waals surface area contributed by atoms with Gasteiger partial charge in [-0.3, -0.25) is 4.68 Å². The van der Waals surface area contributed by atoms with Gasteiger partial charge < -0.3 is 9.88 Å². The number of para-hydroxylation sites is 2. The average molecular weight is 255 g/mol. The Balaban J connectivity index is 1.70. The quantitative estimate of drug-likeness (QED) is 0.770. The maximum absolute atomic E-state index is 4.62. The summed E-state index contributed by atoms with van der Waals surface area (Å²) in [4.78, 5) is 4.62. The molecule has 0 aliphatic carbocycles. The molecule has 5 heteroatoms. The van der Waals surface area contributed by atoms with Crippen LogP contribution in [0.5, 0.6) is 0 Å². The van der Waals surface area contributed by atoms with Crippen LogP contribution in [0.1, 0.15) is 11.5 Å². The zero-order valence-electron chi connectivity index (χ0n) is 11.2. The Morgan fingerprint density at radius 2 is 1.95 bits per heavy atom. The fourth-order valence-electron chi connectivity index (χ4n) is 2.21. The van der Waals surface area contributed by atoms with E-state index in [9.17, 15) is 0 Å². The molecule has 1 N–H and O–H groups in total. The third kappa shape index (κ3) is 2.37. The van der Waals surface area contributed by atoms with Gasteiger partial charge in [-0.05, 0) is 18.2 Å². The number of nitrogens with one attached hydrogen (secondary N) is 1. The Morgan fingerprint density at radius 3 is 2.68 bits per heavy atom. The van der Waals surface area contributed by atoms with Crippen molar-refractivity contribution in [2.24, 2.45) is 14.1 Å². The van der Waals surface area contributed by atoms with E-state index in [1.165, 1.54) is 0 Å². The molecule has 2 heterocycles. The molecule has 3 rings (SSSR count). The second-order valence-electron chi connectivity index (χ2n) is 4.66. The lowest BCUT2D eigenvalue weighted by molar-refractivity contribution is 0.623. The molecule has 0 unspecified atom stereocenters. The van der Waals surface area contributed by atoms with E-state index in [1.54, 1.807) is 0 Å². The first kappa shape index (κ1) is 11.9. The van der Waals surface area contributed by atoms with Crippen molar-refractivity contribution in [2.45, 2.75) is 13.1 Å². The van der Waals surface area contributed by atoms with Crippen molar-refractivity contribution in [1.29, 1.82) is 0 Å². The summed E-state index contributed by atoms with van der Waals surface area (Å²) >= 11 is 0. The molecular formula is C14H17N5. The summed E-state index contributed by atoms with van der Waals surface area (Å²) in [5.41, 5.74) is 3.25. The van der Waals surface area contributed by atoms with Crippen LogP contribution in [0.3, 0.4) is 0 Å². The Kier molecular flexibility index (Phi) is 3.05. The maximum Gasteiger partial charge on any atom is 0.123 e. The first-order valence-corrected chi connectivity index (χ1v) is 6.33. The zero-order valence-corrected chi connectivity index (χ0v) is 11.2. The molecule has 1 aromatic carbocycles. The SMILES string of the molecule is Cn1ccc(CNCc2nc3ccccc3n2C)n1. The van der Waals surface area contributed by atoms with E-state index in [0.717, 1.165) is 35.6 Å². The Morgan fingerprint density at radius 1 is 1.11 bits per heavy atom. The van der Waals surface area contributed by atoms with Crippen molar-refractivity contribution in [1.82, 2.24) is 24.6 Å². The molecular weight excluding hydrogens is 238 g/mol. The van der Waals surface area contributed by atoms with Gasteiger partial charge in [0.05, 0.1) is 23.3 Å². The van der Waals surface area contributed by atoms with Crippen molar-refractivity contribution in [3.63, 3.8) is 0 Å². The predicted octanol–water partition coefficient (Wildman–Crippen LogP) is 1.60. The van der Waals surface area contributed by atoms with Gasteiger partial charge in [-0.2, -0.15) is 5.10 Å².